The molecule has 0 aliphatic heterocycles. The van der Waals surface area contributed by atoms with Crippen molar-refractivity contribution >= 4 is 11.6 Å². The molecule has 0 spiro atoms. The second kappa shape index (κ2) is 7.26. The number of pyridine rings is 1. The molecule has 22 heavy (non-hydrogen) atoms. The highest BCUT2D eigenvalue weighted by atomic mass is 19.3. The highest BCUT2D eigenvalue weighted by molar-refractivity contribution is 6.00. The van der Waals surface area contributed by atoms with Gasteiger partial charge in [-0.1, -0.05) is 18.2 Å². The Labute approximate surface area is 125 Å². The second-order valence-electron chi connectivity index (χ2n) is 4.26. The van der Waals surface area contributed by atoms with Gasteiger partial charge in [0.2, 0.25) is 0 Å². The summed E-state index contributed by atoms with van der Waals surface area (Å²) in [5.74, 6) is -0.432. The zero-order valence-corrected chi connectivity index (χ0v) is 11.7. The van der Waals surface area contributed by atoms with Gasteiger partial charge in [0.05, 0.1) is 5.71 Å². The summed E-state index contributed by atoms with van der Waals surface area (Å²) in [5.41, 5.74) is 3.59. The molecule has 1 heterocycles. The maximum Gasteiger partial charge on any atom is 0.387 e. The number of rotatable bonds is 5. The van der Waals surface area contributed by atoms with Gasteiger partial charge in [0.1, 0.15) is 11.4 Å². The lowest BCUT2D eigenvalue weighted by atomic mass is 10.1. The minimum atomic E-state index is -2.89. The molecule has 0 radical (unpaired) electrons. The molecule has 1 N–H and O–H groups in total. The zero-order chi connectivity index (χ0) is 15.9. The first-order valence-corrected chi connectivity index (χ1v) is 6.37. The maximum atomic E-state index is 12.2. The summed E-state index contributed by atoms with van der Waals surface area (Å²) in [4.78, 5) is 15.7. The van der Waals surface area contributed by atoms with Crippen LogP contribution in [-0.2, 0) is 0 Å². The molecule has 1 amide bonds. The van der Waals surface area contributed by atoms with Gasteiger partial charge in [-0.2, -0.15) is 13.9 Å². The van der Waals surface area contributed by atoms with Gasteiger partial charge in [0.25, 0.3) is 5.91 Å². The lowest BCUT2D eigenvalue weighted by Gasteiger charge is -2.07. The third-order valence-electron chi connectivity index (χ3n) is 2.70. The molecule has 5 nitrogen and oxygen atoms in total. The molecule has 0 unspecified atom stereocenters. The van der Waals surface area contributed by atoms with Crippen LogP contribution in [0.1, 0.15) is 23.0 Å². The predicted octanol–water partition coefficient (Wildman–Crippen LogP) is 2.84. The van der Waals surface area contributed by atoms with Gasteiger partial charge in [0, 0.05) is 11.8 Å². The number of amides is 1. The van der Waals surface area contributed by atoms with Crippen molar-refractivity contribution in [3.05, 3.63) is 59.9 Å². The summed E-state index contributed by atoms with van der Waals surface area (Å²) in [6.07, 6.45) is 1.50. The van der Waals surface area contributed by atoms with Gasteiger partial charge < -0.3 is 4.74 Å². The SMILES string of the molecule is C/C(=N/NC(=O)c1ccccn1)c1cccc(OC(F)F)c1. The van der Waals surface area contributed by atoms with Crippen molar-refractivity contribution in [2.45, 2.75) is 13.5 Å². The number of aromatic nitrogens is 1. The molecule has 0 bridgehead atoms. The fourth-order valence-corrected chi connectivity index (χ4v) is 1.65. The monoisotopic (exact) mass is 305 g/mol. The summed E-state index contributed by atoms with van der Waals surface area (Å²) in [5, 5.41) is 3.93. The minimum absolute atomic E-state index is 0.0260. The number of halogens is 2. The van der Waals surface area contributed by atoms with Crippen molar-refractivity contribution in [2.24, 2.45) is 5.10 Å². The Hall–Kier alpha value is -2.83. The van der Waals surface area contributed by atoms with Crippen molar-refractivity contribution in [1.29, 1.82) is 0 Å². The van der Waals surface area contributed by atoms with Gasteiger partial charge in [-0.25, -0.2) is 5.43 Å². The summed E-state index contributed by atoms with van der Waals surface area (Å²) in [6.45, 7) is -1.25. The molecule has 0 saturated carbocycles. The van der Waals surface area contributed by atoms with Gasteiger partial charge in [-0.3, -0.25) is 9.78 Å². The summed E-state index contributed by atoms with van der Waals surface area (Å²) in [7, 11) is 0. The molecule has 0 aliphatic carbocycles. The Balaban J connectivity index is 2.07. The number of carbonyl (C=O) groups is 1. The van der Waals surface area contributed by atoms with Crippen molar-refractivity contribution in [3.8, 4) is 5.75 Å². The summed E-state index contributed by atoms with van der Waals surface area (Å²) in [6, 6.07) is 11.0. The molecule has 2 aromatic rings. The fraction of sp³-hybridized carbons (Fsp3) is 0.133. The van der Waals surface area contributed by atoms with Crippen LogP contribution >= 0.6 is 0 Å². The van der Waals surface area contributed by atoms with Crippen molar-refractivity contribution in [1.82, 2.24) is 10.4 Å². The van der Waals surface area contributed by atoms with Crippen LogP contribution in [-0.4, -0.2) is 23.2 Å². The second-order valence-corrected chi connectivity index (χ2v) is 4.26. The smallest absolute Gasteiger partial charge is 0.387 e. The molecule has 0 fully saturated rings. The summed E-state index contributed by atoms with van der Waals surface area (Å²) >= 11 is 0. The largest absolute Gasteiger partial charge is 0.435 e. The Morgan fingerprint density at radius 2 is 2.09 bits per heavy atom. The van der Waals surface area contributed by atoms with E-state index < -0.39 is 12.5 Å². The maximum absolute atomic E-state index is 12.2. The first-order chi connectivity index (χ1) is 10.6. The van der Waals surface area contributed by atoms with Gasteiger partial charge in [-0.15, -0.1) is 0 Å². The van der Waals surface area contributed by atoms with Crippen molar-refractivity contribution in [3.63, 3.8) is 0 Å². The van der Waals surface area contributed by atoms with Crippen LogP contribution in [0.3, 0.4) is 0 Å². The first-order valence-electron chi connectivity index (χ1n) is 6.37. The van der Waals surface area contributed by atoms with Crippen LogP contribution in [0.2, 0.25) is 0 Å². The van der Waals surface area contributed by atoms with Crippen molar-refractivity contribution in [2.75, 3.05) is 0 Å². The van der Waals surface area contributed by atoms with E-state index in [1.165, 1.54) is 18.3 Å². The van der Waals surface area contributed by atoms with E-state index in [0.29, 0.717) is 11.3 Å². The number of nitrogens with one attached hydrogen (secondary N) is 1. The number of carbonyl (C=O) groups excluding carboxylic acids is 1. The van der Waals surface area contributed by atoms with E-state index in [1.807, 2.05) is 0 Å². The number of ether oxygens (including phenoxy) is 1. The van der Waals surface area contributed by atoms with Gasteiger partial charge in [-0.05, 0) is 31.2 Å². The number of hydrazone groups is 1. The Kier molecular flexibility index (Phi) is 5.13. The molecule has 1 aromatic heterocycles. The van der Waals surface area contributed by atoms with Crippen LogP contribution in [0, 0.1) is 0 Å². The van der Waals surface area contributed by atoms with Crippen LogP contribution in [0.15, 0.2) is 53.8 Å². The Morgan fingerprint density at radius 1 is 1.27 bits per heavy atom. The summed E-state index contributed by atoms with van der Waals surface area (Å²) < 4.78 is 28.7. The average molecular weight is 305 g/mol. The Morgan fingerprint density at radius 3 is 2.77 bits per heavy atom. The quantitative estimate of drug-likeness (QED) is 0.682. The van der Waals surface area contributed by atoms with E-state index in [2.05, 4.69) is 20.2 Å². The third kappa shape index (κ3) is 4.34. The molecule has 1 aromatic carbocycles. The van der Waals surface area contributed by atoms with Crippen LogP contribution in [0.4, 0.5) is 8.78 Å². The average Bonchev–Trinajstić information content (AvgIpc) is 2.52. The first kappa shape index (κ1) is 15.6. The molecule has 2 rings (SSSR count). The highest BCUT2D eigenvalue weighted by Crippen LogP contribution is 2.16. The molecule has 0 atom stereocenters. The predicted molar refractivity (Wildman–Crippen MR) is 77.0 cm³/mol. The molecule has 0 aliphatic rings. The van der Waals surface area contributed by atoms with E-state index in [4.69, 9.17) is 0 Å². The standard InChI is InChI=1S/C15H13F2N3O2/c1-10(11-5-4-6-12(9-11)22-15(16)17)19-20-14(21)13-7-2-3-8-18-13/h2-9,15H,1H3,(H,20,21)/b19-10-. The zero-order valence-electron chi connectivity index (χ0n) is 11.7. The lowest BCUT2D eigenvalue weighted by molar-refractivity contribution is -0.0498. The van der Waals surface area contributed by atoms with Gasteiger partial charge >= 0.3 is 6.61 Å². The van der Waals surface area contributed by atoms with E-state index in [9.17, 15) is 13.6 Å². The van der Waals surface area contributed by atoms with Crippen LogP contribution in [0.25, 0.3) is 0 Å². The number of benzene rings is 1. The molecular weight excluding hydrogens is 292 g/mol. The van der Waals surface area contributed by atoms with E-state index in [0.717, 1.165) is 0 Å². The van der Waals surface area contributed by atoms with E-state index in [1.54, 1.807) is 37.3 Å². The topological polar surface area (TPSA) is 63.6 Å². The Bertz CT molecular complexity index is 675. The van der Waals surface area contributed by atoms with Gasteiger partial charge in [0.15, 0.2) is 0 Å². The molecule has 7 heteroatoms. The number of hydrogen-bond donors (Lipinski definition) is 1. The van der Waals surface area contributed by atoms with E-state index >= 15 is 0 Å². The number of hydrogen-bond acceptors (Lipinski definition) is 4. The molecular formula is C15H13F2N3O2. The fourth-order valence-electron chi connectivity index (χ4n) is 1.65. The number of alkyl halides is 2. The van der Waals surface area contributed by atoms with E-state index in [-0.39, 0.29) is 11.4 Å². The highest BCUT2D eigenvalue weighted by Gasteiger charge is 2.07. The lowest BCUT2D eigenvalue weighted by Crippen LogP contribution is -2.20. The van der Waals surface area contributed by atoms with Crippen LogP contribution < -0.4 is 10.2 Å². The van der Waals surface area contributed by atoms with Crippen molar-refractivity contribution < 1.29 is 18.3 Å². The normalized spacial score (nSPS) is 11.4. The van der Waals surface area contributed by atoms with Crippen LogP contribution in [0.5, 0.6) is 5.75 Å². The molecule has 0 saturated heterocycles. The number of nitrogens with zero attached hydrogens (tertiary/aromatic N) is 2. The molecule has 114 valence electrons. The minimum Gasteiger partial charge on any atom is -0.435 e. The third-order valence-corrected chi connectivity index (χ3v) is 2.70.